The fraction of sp³-hybridized carbons (Fsp3) is 0.0909. The molecule has 1 aromatic heterocycles. The lowest BCUT2D eigenvalue weighted by molar-refractivity contribution is 0.416. The number of nitrogens with two attached hydrogens (primary N) is 1. The van der Waals surface area contributed by atoms with Crippen LogP contribution in [-0.4, -0.2) is 12.1 Å². The zero-order valence-electron chi connectivity index (χ0n) is 7.95. The Morgan fingerprint density at radius 1 is 1.14 bits per heavy atom. The van der Waals surface area contributed by atoms with Crippen molar-refractivity contribution in [2.75, 3.05) is 12.8 Å². The van der Waals surface area contributed by atoms with E-state index in [1.54, 1.807) is 7.11 Å². The van der Waals surface area contributed by atoms with Gasteiger partial charge < -0.3 is 15.5 Å². The van der Waals surface area contributed by atoms with Crippen LogP contribution < -0.4 is 10.5 Å². The molecule has 72 valence electrons. The number of benzene rings is 1. The Morgan fingerprint density at radius 2 is 1.93 bits per heavy atom. The molecule has 2 rings (SSSR count). The molecule has 3 nitrogen and oxygen atoms in total. The van der Waals surface area contributed by atoms with Gasteiger partial charge in [0, 0.05) is 5.56 Å². The van der Waals surface area contributed by atoms with Crippen LogP contribution in [0, 0.1) is 0 Å². The number of para-hydroxylation sites is 1. The van der Waals surface area contributed by atoms with Crippen molar-refractivity contribution in [2.24, 2.45) is 0 Å². The number of nitrogens with one attached hydrogen (secondary N) is 1. The maximum Gasteiger partial charge on any atom is 0.128 e. The van der Waals surface area contributed by atoms with E-state index in [2.05, 4.69) is 4.98 Å². The number of rotatable bonds is 2. The Morgan fingerprint density at radius 3 is 2.57 bits per heavy atom. The van der Waals surface area contributed by atoms with Gasteiger partial charge in [-0.1, -0.05) is 12.1 Å². The molecule has 0 radical (unpaired) electrons. The van der Waals surface area contributed by atoms with E-state index in [1.165, 1.54) is 0 Å². The van der Waals surface area contributed by atoms with E-state index >= 15 is 0 Å². The van der Waals surface area contributed by atoms with Gasteiger partial charge in [-0.05, 0) is 24.3 Å². The van der Waals surface area contributed by atoms with Gasteiger partial charge in [-0.3, -0.25) is 0 Å². The van der Waals surface area contributed by atoms with Crippen molar-refractivity contribution in [3.05, 3.63) is 36.4 Å². The topological polar surface area (TPSA) is 51.0 Å². The molecule has 0 spiro atoms. The van der Waals surface area contributed by atoms with Crippen molar-refractivity contribution >= 4 is 5.82 Å². The smallest absolute Gasteiger partial charge is 0.128 e. The standard InChI is InChI=1S/C11H12N2O/c1-14-10-5-3-2-4-8(10)9-6-7-11(12)13-9/h2-7,13H,12H2,1H3. The van der Waals surface area contributed by atoms with Gasteiger partial charge in [0.2, 0.25) is 0 Å². The van der Waals surface area contributed by atoms with Gasteiger partial charge in [0.25, 0.3) is 0 Å². The van der Waals surface area contributed by atoms with Crippen molar-refractivity contribution in [1.82, 2.24) is 4.98 Å². The van der Waals surface area contributed by atoms with Crippen LogP contribution in [0.1, 0.15) is 0 Å². The maximum atomic E-state index is 5.61. The van der Waals surface area contributed by atoms with E-state index in [1.807, 2.05) is 36.4 Å². The fourth-order valence-electron chi connectivity index (χ4n) is 1.44. The van der Waals surface area contributed by atoms with Crippen LogP contribution in [0.5, 0.6) is 5.75 Å². The predicted octanol–water partition coefficient (Wildman–Crippen LogP) is 2.27. The third kappa shape index (κ3) is 1.44. The summed E-state index contributed by atoms with van der Waals surface area (Å²) in [4.78, 5) is 3.06. The molecule has 0 atom stereocenters. The molecule has 0 aliphatic rings. The Hall–Kier alpha value is -1.90. The number of ether oxygens (including phenoxy) is 1. The molecule has 2 aromatic rings. The zero-order chi connectivity index (χ0) is 9.97. The molecule has 0 aliphatic carbocycles. The summed E-state index contributed by atoms with van der Waals surface area (Å²) in [6.07, 6.45) is 0. The van der Waals surface area contributed by atoms with Gasteiger partial charge in [0.15, 0.2) is 0 Å². The number of aromatic nitrogens is 1. The van der Waals surface area contributed by atoms with Gasteiger partial charge in [-0.15, -0.1) is 0 Å². The molecule has 1 heterocycles. The van der Waals surface area contributed by atoms with Gasteiger partial charge >= 0.3 is 0 Å². The van der Waals surface area contributed by atoms with Crippen LogP contribution in [0.25, 0.3) is 11.3 Å². The molecule has 0 saturated carbocycles. The van der Waals surface area contributed by atoms with Gasteiger partial charge in [0.1, 0.15) is 11.6 Å². The minimum atomic E-state index is 0.658. The number of methoxy groups -OCH3 is 1. The van der Waals surface area contributed by atoms with E-state index in [-0.39, 0.29) is 0 Å². The second kappa shape index (κ2) is 3.46. The molecule has 0 saturated heterocycles. The Kier molecular flexibility index (Phi) is 2.14. The average molecular weight is 188 g/mol. The normalized spacial score (nSPS) is 10.1. The molecular formula is C11H12N2O. The Balaban J connectivity index is 2.50. The van der Waals surface area contributed by atoms with Crippen molar-refractivity contribution in [3.63, 3.8) is 0 Å². The molecular weight excluding hydrogens is 176 g/mol. The summed E-state index contributed by atoms with van der Waals surface area (Å²) in [6.45, 7) is 0. The van der Waals surface area contributed by atoms with E-state index < -0.39 is 0 Å². The van der Waals surface area contributed by atoms with Crippen LogP contribution >= 0.6 is 0 Å². The average Bonchev–Trinajstić information content (AvgIpc) is 2.65. The first-order valence-corrected chi connectivity index (χ1v) is 4.39. The largest absolute Gasteiger partial charge is 0.496 e. The van der Waals surface area contributed by atoms with Crippen molar-refractivity contribution in [3.8, 4) is 17.0 Å². The highest BCUT2D eigenvalue weighted by molar-refractivity contribution is 5.69. The molecule has 1 aromatic carbocycles. The number of aromatic amines is 1. The fourth-order valence-corrected chi connectivity index (χ4v) is 1.44. The third-order valence-corrected chi connectivity index (χ3v) is 2.11. The van der Waals surface area contributed by atoms with Crippen LogP contribution in [0.2, 0.25) is 0 Å². The molecule has 0 amide bonds. The summed E-state index contributed by atoms with van der Waals surface area (Å²) in [6, 6.07) is 11.6. The van der Waals surface area contributed by atoms with Crippen molar-refractivity contribution in [1.29, 1.82) is 0 Å². The lowest BCUT2D eigenvalue weighted by Gasteiger charge is -2.05. The maximum absolute atomic E-state index is 5.61. The summed E-state index contributed by atoms with van der Waals surface area (Å²) in [7, 11) is 1.66. The first-order valence-electron chi connectivity index (χ1n) is 4.39. The van der Waals surface area contributed by atoms with Crippen LogP contribution in [-0.2, 0) is 0 Å². The highest BCUT2D eigenvalue weighted by Crippen LogP contribution is 2.28. The number of anilines is 1. The summed E-state index contributed by atoms with van der Waals surface area (Å²) in [5.74, 6) is 1.50. The molecule has 14 heavy (non-hydrogen) atoms. The lowest BCUT2D eigenvalue weighted by Crippen LogP contribution is -1.88. The first-order chi connectivity index (χ1) is 6.81. The first kappa shape index (κ1) is 8.69. The predicted molar refractivity (Wildman–Crippen MR) is 57.2 cm³/mol. The molecule has 0 bridgehead atoms. The quantitative estimate of drug-likeness (QED) is 0.759. The Labute approximate surface area is 82.5 Å². The summed E-state index contributed by atoms with van der Waals surface area (Å²) in [5, 5.41) is 0. The monoisotopic (exact) mass is 188 g/mol. The summed E-state index contributed by atoms with van der Waals surface area (Å²) < 4.78 is 5.25. The van der Waals surface area contributed by atoms with Crippen LogP contribution in [0.3, 0.4) is 0 Å². The minimum absolute atomic E-state index is 0.658. The summed E-state index contributed by atoms with van der Waals surface area (Å²) >= 11 is 0. The van der Waals surface area contributed by atoms with Gasteiger partial charge in [-0.2, -0.15) is 0 Å². The molecule has 0 unspecified atom stereocenters. The lowest BCUT2D eigenvalue weighted by atomic mass is 10.1. The van der Waals surface area contributed by atoms with E-state index in [9.17, 15) is 0 Å². The highest BCUT2D eigenvalue weighted by atomic mass is 16.5. The second-order valence-corrected chi connectivity index (χ2v) is 3.03. The van der Waals surface area contributed by atoms with E-state index in [0.717, 1.165) is 17.0 Å². The van der Waals surface area contributed by atoms with Crippen molar-refractivity contribution in [2.45, 2.75) is 0 Å². The SMILES string of the molecule is COc1ccccc1-c1ccc(N)[nH]1. The van der Waals surface area contributed by atoms with E-state index in [4.69, 9.17) is 10.5 Å². The number of hydrogen-bond donors (Lipinski definition) is 2. The molecule has 0 fully saturated rings. The highest BCUT2D eigenvalue weighted by Gasteiger charge is 2.05. The van der Waals surface area contributed by atoms with Crippen LogP contribution in [0.15, 0.2) is 36.4 Å². The van der Waals surface area contributed by atoms with Crippen molar-refractivity contribution < 1.29 is 4.74 Å². The molecule has 3 heteroatoms. The Bertz CT molecular complexity index is 434. The molecule has 0 aliphatic heterocycles. The molecule has 3 N–H and O–H groups in total. The van der Waals surface area contributed by atoms with Gasteiger partial charge in [0.05, 0.1) is 12.8 Å². The third-order valence-electron chi connectivity index (χ3n) is 2.11. The van der Waals surface area contributed by atoms with Crippen LogP contribution in [0.4, 0.5) is 5.82 Å². The number of nitrogen functional groups attached to an aromatic ring is 1. The number of hydrogen-bond acceptors (Lipinski definition) is 2. The zero-order valence-corrected chi connectivity index (χ0v) is 7.95. The van der Waals surface area contributed by atoms with E-state index in [0.29, 0.717) is 5.82 Å². The van der Waals surface area contributed by atoms with Gasteiger partial charge in [-0.25, -0.2) is 0 Å². The second-order valence-electron chi connectivity index (χ2n) is 3.03. The number of H-pyrrole nitrogens is 1. The summed E-state index contributed by atoms with van der Waals surface area (Å²) in [5.41, 5.74) is 7.60. The minimum Gasteiger partial charge on any atom is -0.496 e.